The van der Waals surface area contributed by atoms with Gasteiger partial charge in [0.25, 0.3) is 0 Å². The summed E-state index contributed by atoms with van der Waals surface area (Å²) in [6, 6.07) is 41.6. The van der Waals surface area contributed by atoms with Crippen molar-refractivity contribution in [1.29, 1.82) is 0 Å². The van der Waals surface area contributed by atoms with Crippen molar-refractivity contribution in [1.82, 2.24) is 20.3 Å². The third-order valence-corrected chi connectivity index (χ3v) is 14.7. The molecule has 1 saturated carbocycles. The molecule has 1 fully saturated rings. The fourth-order valence-corrected chi connectivity index (χ4v) is 11.2. The molecule has 0 amide bonds. The van der Waals surface area contributed by atoms with Crippen molar-refractivity contribution in [3.63, 3.8) is 0 Å². The van der Waals surface area contributed by atoms with E-state index in [0.29, 0.717) is 51.5 Å². The number of benzene rings is 5. The maximum absolute atomic E-state index is 13.0. The molecular formula is C59H53AlN4O5. The summed E-state index contributed by atoms with van der Waals surface area (Å²) in [5.74, 6) is 3.88. The maximum Gasteiger partial charge on any atom is 1.20 e. The number of pyridine rings is 3. The summed E-state index contributed by atoms with van der Waals surface area (Å²) >= 11 is -3.27. The normalized spacial score (nSPS) is 16.3. The van der Waals surface area contributed by atoms with Gasteiger partial charge in [0.1, 0.15) is 33.8 Å². The van der Waals surface area contributed by atoms with Crippen molar-refractivity contribution >= 4 is 71.6 Å². The minimum Gasteiger partial charge on any atom is -0.576 e. The Morgan fingerprint density at radius 1 is 0.551 bits per heavy atom. The van der Waals surface area contributed by atoms with E-state index >= 15 is 0 Å². The van der Waals surface area contributed by atoms with Crippen molar-refractivity contribution < 1.29 is 21.0 Å². The van der Waals surface area contributed by atoms with Crippen molar-refractivity contribution in [3.8, 4) is 17.2 Å². The molecule has 5 aromatic carbocycles. The number of carbonyl (C=O) groups is 2. The van der Waals surface area contributed by atoms with Gasteiger partial charge in [0.15, 0.2) is 11.6 Å². The zero-order valence-electron chi connectivity index (χ0n) is 38.5. The zero-order chi connectivity index (χ0) is 46.8. The first-order chi connectivity index (χ1) is 34.0. The lowest BCUT2D eigenvalue weighted by Gasteiger charge is -2.20. The van der Waals surface area contributed by atoms with E-state index in [1.165, 1.54) is 38.5 Å². The van der Waals surface area contributed by atoms with E-state index in [2.05, 4.69) is 29.6 Å². The molecule has 0 spiro atoms. The van der Waals surface area contributed by atoms with Crippen LogP contribution in [0.3, 0.4) is 0 Å². The third kappa shape index (κ3) is 10.9. The number of nitrogens with zero attached hydrogens (tertiary/aromatic N) is 3. The zero-order valence-corrected chi connectivity index (χ0v) is 39.6. The molecule has 8 aromatic rings. The molecule has 9 nitrogen and oxygen atoms in total. The Kier molecular flexibility index (Phi) is 14.4. The molecule has 3 unspecified atom stereocenters. The van der Waals surface area contributed by atoms with Gasteiger partial charge in [-0.1, -0.05) is 141 Å². The lowest BCUT2D eigenvalue weighted by molar-refractivity contribution is 0.103. The molecule has 69 heavy (non-hydrogen) atoms. The summed E-state index contributed by atoms with van der Waals surface area (Å²) < 4.78 is 20.6. The first-order valence-electron chi connectivity index (χ1n) is 24.1. The molecule has 342 valence electrons. The largest absolute Gasteiger partial charge is 1.20 e. The first-order valence-corrected chi connectivity index (χ1v) is 25.5. The van der Waals surface area contributed by atoms with Crippen LogP contribution in [0.2, 0.25) is 0 Å². The smallest absolute Gasteiger partial charge is 0.576 e. The molecule has 3 atom stereocenters. The van der Waals surface area contributed by atoms with E-state index in [0.717, 1.165) is 63.6 Å². The number of unbranched alkanes of at least 4 members (excludes halogenated alkanes) is 3. The van der Waals surface area contributed by atoms with Crippen molar-refractivity contribution in [2.45, 2.75) is 51.5 Å². The van der Waals surface area contributed by atoms with Crippen LogP contribution in [0.25, 0.3) is 44.9 Å². The van der Waals surface area contributed by atoms with Crippen molar-refractivity contribution in [2.24, 2.45) is 17.8 Å². The number of aromatic nitrogens is 3. The van der Waals surface area contributed by atoms with E-state index in [9.17, 15) is 9.59 Å². The van der Waals surface area contributed by atoms with Crippen LogP contribution in [0.15, 0.2) is 176 Å². The highest BCUT2D eigenvalue weighted by Crippen LogP contribution is 2.45. The highest BCUT2D eigenvalue weighted by atomic mass is 27.3. The molecule has 3 heterocycles. The van der Waals surface area contributed by atoms with Crippen LogP contribution in [0, 0.1) is 17.8 Å². The van der Waals surface area contributed by atoms with E-state index in [1.54, 1.807) is 67.2 Å². The first kappa shape index (κ1) is 45.6. The Bertz CT molecular complexity index is 3050. The Morgan fingerprint density at radius 2 is 1.07 bits per heavy atom. The topological polar surface area (TPSA) is 113 Å². The maximum atomic E-state index is 13.0. The van der Waals surface area contributed by atoms with Gasteiger partial charge in [-0.15, -0.1) is 0 Å². The highest BCUT2D eigenvalue weighted by molar-refractivity contribution is 6.40. The predicted octanol–water partition coefficient (Wildman–Crippen LogP) is 12.9. The van der Waals surface area contributed by atoms with Gasteiger partial charge in [0, 0.05) is 52.4 Å². The summed E-state index contributed by atoms with van der Waals surface area (Å²) in [4.78, 5) is 40.4. The number of allylic oxidation sites excluding steroid dienone is 4. The van der Waals surface area contributed by atoms with E-state index < -0.39 is 15.1 Å². The summed E-state index contributed by atoms with van der Waals surface area (Å²) in [5, 5.41) is 6.26. The molecule has 2 aliphatic rings. The van der Waals surface area contributed by atoms with Crippen molar-refractivity contribution in [2.75, 3.05) is 6.54 Å². The predicted molar refractivity (Wildman–Crippen MR) is 276 cm³/mol. The van der Waals surface area contributed by atoms with Crippen LogP contribution in [0.5, 0.6) is 17.2 Å². The number of nitrogens with one attached hydrogen (secondary N) is 1. The quantitative estimate of drug-likeness (QED) is 0.0247. The number of hydrogen-bond acceptors (Lipinski definition) is 9. The molecule has 10 rings (SSSR count). The lowest BCUT2D eigenvalue weighted by Crippen LogP contribution is -2.37. The number of rotatable bonds is 21. The fraction of sp³-hybridized carbons (Fsp3) is 0.203. The minimum atomic E-state index is -3.27. The molecule has 3 aromatic heterocycles. The summed E-state index contributed by atoms with van der Waals surface area (Å²) in [6.07, 6.45) is 26.0. The fourth-order valence-electron chi connectivity index (χ4n) is 9.84. The molecule has 2 aliphatic carbocycles. The molecule has 0 saturated heterocycles. The van der Waals surface area contributed by atoms with Crippen LogP contribution in [0.1, 0.15) is 82.4 Å². The van der Waals surface area contributed by atoms with Gasteiger partial charge in [-0.2, -0.15) is 0 Å². The second-order valence-electron chi connectivity index (χ2n) is 17.9. The Morgan fingerprint density at radius 3 is 1.61 bits per heavy atom. The van der Waals surface area contributed by atoms with Gasteiger partial charge in [0.05, 0.1) is 0 Å². The summed E-state index contributed by atoms with van der Waals surface area (Å²) in [7, 11) is 0. The number of fused-ring (bicyclic) bond motifs is 5. The van der Waals surface area contributed by atoms with Crippen LogP contribution in [-0.4, -0.2) is 48.2 Å². The van der Waals surface area contributed by atoms with Crippen LogP contribution in [-0.2, 0) is 6.54 Å². The van der Waals surface area contributed by atoms with Gasteiger partial charge in [-0.05, 0) is 115 Å². The third-order valence-electron chi connectivity index (χ3n) is 13.4. The van der Waals surface area contributed by atoms with Gasteiger partial charge in [0.2, 0.25) is 0 Å². The molecule has 2 bridgehead atoms. The van der Waals surface area contributed by atoms with E-state index in [1.807, 2.05) is 97.1 Å². The molecule has 0 radical (unpaired) electrons. The van der Waals surface area contributed by atoms with Gasteiger partial charge in [-0.3, -0.25) is 24.5 Å². The van der Waals surface area contributed by atoms with Gasteiger partial charge < -0.3 is 16.7 Å². The SMILES string of the molecule is O=C(/C=C/c1ccc([O][Al]([O]c2ccc(/C=C/C(=O)c3ccccc3)c3cccnc23)[O]c2ccc(CNCCCCCCC3CC4C=CC3C4)c3cccnc23)c2ncccc12)c1ccccc1. The Hall–Kier alpha value is -7.22. The average molecular weight is 925 g/mol. The van der Waals surface area contributed by atoms with Gasteiger partial charge in [-0.25, -0.2) is 0 Å². The second-order valence-corrected chi connectivity index (χ2v) is 19.2. The number of hydrogen-bond donors (Lipinski definition) is 1. The summed E-state index contributed by atoms with van der Waals surface area (Å²) in [5.41, 5.74) is 5.84. The van der Waals surface area contributed by atoms with Crippen LogP contribution < -0.4 is 16.7 Å². The Balaban J connectivity index is 0.899. The molecular weight excluding hydrogens is 872 g/mol. The Labute approximate surface area is 408 Å². The number of ketones is 2. The van der Waals surface area contributed by atoms with Gasteiger partial charge >= 0.3 is 15.1 Å². The minimum absolute atomic E-state index is 0.0977. The second kappa shape index (κ2) is 21.8. The van der Waals surface area contributed by atoms with Crippen LogP contribution in [0.4, 0.5) is 0 Å². The molecule has 0 aliphatic heterocycles. The molecule has 10 heteroatoms. The summed E-state index contributed by atoms with van der Waals surface area (Å²) in [6.45, 7) is 1.66. The van der Waals surface area contributed by atoms with E-state index in [-0.39, 0.29) is 11.6 Å². The molecule has 1 N–H and O–H groups in total. The standard InChI is InChI=1S/C23H30N2O.2C18H13NO2.Al/c26-22-11-10-20(21-7-5-13-25-23(21)22)16-24-12-4-2-1-3-6-18-14-17-8-9-19(18)15-17;2*20-16(14-5-2-1-3-6-14)10-8-13-9-11-17(21)18-15(13)7-4-12-19-18;/h5,7-11,13,17-19,24,26H,1-4,6,12,14-16H2;2*1-12,21H;/q;;;+3/p-3/b;2*10-8+;. The lowest BCUT2D eigenvalue weighted by atomic mass is 9.88. The highest BCUT2D eigenvalue weighted by Gasteiger charge is 2.46. The average Bonchev–Trinajstić information content (AvgIpc) is 4.04. The van der Waals surface area contributed by atoms with E-state index in [4.69, 9.17) is 26.3 Å². The van der Waals surface area contributed by atoms with Crippen LogP contribution >= 0.6 is 0 Å². The number of carbonyl (C=O) groups excluding carboxylic acids is 2. The monoisotopic (exact) mass is 924 g/mol. The van der Waals surface area contributed by atoms with Crippen molar-refractivity contribution in [3.05, 3.63) is 204 Å².